The minimum atomic E-state index is 0.00534. The lowest BCUT2D eigenvalue weighted by atomic mass is 10.1. The fourth-order valence-corrected chi connectivity index (χ4v) is 3.89. The second kappa shape index (κ2) is 8.41. The first kappa shape index (κ1) is 19.1. The highest BCUT2D eigenvalue weighted by atomic mass is 32.1. The molecule has 6 heteroatoms. The number of hydrogen-bond acceptors (Lipinski definition) is 5. The maximum absolute atomic E-state index is 10.4. The summed E-state index contributed by atoms with van der Waals surface area (Å²) >= 11 is 1.66. The van der Waals surface area contributed by atoms with Crippen molar-refractivity contribution in [3.05, 3.63) is 60.0 Å². The zero-order valence-electron chi connectivity index (χ0n) is 16.3. The lowest BCUT2D eigenvalue weighted by Crippen LogP contribution is -1.97. The molecular weight excluding hydrogens is 384 g/mol. The van der Waals surface area contributed by atoms with Gasteiger partial charge in [0.2, 0.25) is 5.75 Å². The van der Waals surface area contributed by atoms with Crippen molar-refractivity contribution in [2.75, 3.05) is 13.2 Å². The van der Waals surface area contributed by atoms with Gasteiger partial charge in [-0.15, -0.1) is 11.3 Å². The average Bonchev–Trinajstić information content (AvgIpc) is 3.41. The van der Waals surface area contributed by atoms with Gasteiger partial charge in [-0.05, 0) is 37.4 Å². The monoisotopic (exact) mass is 406 g/mol. The number of benzene rings is 2. The van der Waals surface area contributed by atoms with Crippen LogP contribution in [0.3, 0.4) is 0 Å². The molecule has 29 heavy (non-hydrogen) atoms. The Hall–Kier alpha value is -3.25. The van der Waals surface area contributed by atoms with Crippen molar-refractivity contribution in [2.24, 2.45) is 0 Å². The van der Waals surface area contributed by atoms with Gasteiger partial charge in [0.15, 0.2) is 11.5 Å². The Morgan fingerprint density at radius 1 is 0.931 bits per heavy atom. The number of nitrogens with zero attached hydrogens (tertiary/aromatic N) is 1. The molecule has 0 aliphatic carbocycles. The highest BCUT2D eigenvalue weighted by Crippen LogP contribution is 2.42. The van der Waals surface area contributed by atoms with E-state index in [-0.39, 0.29) is 5.75 Å². The molecule has 2 heterocycles. The van der Waals surface area contributed by atoms with Gasteiger partial charge in [-0.3, -0.25) is 0 Å². The summed E-state index contributed by atoms with van der Waals surface area (Å²) < 4.78 is 11.2. The van der Waals surface area contributed by atoms with Crippen LogP contribution in [-0.4, -0.2) is 28.3 Å². The molecule has 0 radical (unpaired) electrons. The van der Waals surface area contributed by atoms with Crippen LogP contribution < -0.4 is 9.47 Å². The van der Waals surface area contributed by atoms with Crippen molar-refractivity contribution in [1.82, 2.24) is 9.97 Å². The normalized spacial score (nSPS) is 10.8. The van der Waals surface area contributed by atoms with Crippen LogP contribution in [0.2, 0.25) is 0 Å². The van der Waals surface area contributed by atoms with Crippen LogP contribution in [0.5, 0.6) is 17.2 Å². The van der Waals surface area contributed by atoms with Gasteiger partial charge < -0.3 is 19.6 Å². The number of aromatic amines is 1. The van der Waals surface area contributed by atoms with Crippen LogP contribution >= 0.6 is 11.3 Å². The lowest BCUT2D eigenvalue weighted by Gasteiger charge is -2.12. The third-order valence-corrected chi connectivity index (χ3v) is 5.32. The molecule has 0 spiro atoms. The number of phenols is 1. The fourth-order valence-electron chi connectivity index (χ4n) is 3.16. The van der Waals surface area contributed by atoms with Crippen molar-refractivity contribution in [3.8, 4) is 50.5 Å². The van der Waals surface area contributed by atoms with E-state index in [0.29, 0.717) is 30.5 Å². The van der Waals surface area contributed by atoms with E-state index in [1.165, 1.54) is 0 Å². The molecule has 0 atom stereocenters. The Morgan fingerprint density at radius 2 is 1.62 bits per heavy atom. The summed E-state index contributed by atoms with van der Waals surface area (Å²) in [6, 6.07) is 17.8. The third kappa shape index (κ3) is 3.84. The van der Waals surface area contributed by atoms with Gasteiger partial charge in [0.1, 0.15) is 5.82 Å². The zero-order chi connectivity index (χ0) is 20.2. The molecule has 2 aromatic heterocycles. The van der Waals surface area contributed by atoms with Crippen molar-refractivity contribution in [3.63, 3.8) is 0 Å². The number of nitrogens with one attached hydrogen (secondary N) is 1. The van der Waals surface area contributed by atoms with Gasteiger partial charge >= 0.3 is 0 Å². The molecule has 0 bridgehead atoms. The molecule has 0 aliphatic rings. The molecule has 5 nitrogen and oxygen atoms in total. The lowest BCUT2D eigenvalue weighted by molar-refractivity contribution is 0.290. The van der Waals surface area contributed by atoms with E-state index in [0.717, 1.165) is 27.4 Å². The number of imidazole rings is 1. The van der Waals surface area contributed by atoms with E-state index in [1.54, 1.807) is 23.5 Å². The Balaban J connectivity index is 1.88. The van der Waals surface area contributed by atoms with Gasteiger partial charge in [-0.1, -0.05) is 36.4 Å². The van der Waals surface area contributed by atoms with Crippen molar-refractivity contribution >= 4 is 11.3 Å². The Morgan fingerprint density at radius 3 is 2.21 bits per heavy atom. The zero-order valence-corrected chi connectivity index (χ0v) is 17.1. The summed E-state index contributed by atoms with van der Waals surface area (Å²) in [6.07, 6.45) is 0. The van der Waals surface area contributed by atoms with E-state index < -0.39 is 0 Å². The van der Waals surface area contributed by atoms with Crippen molar-refractivity contribution < 1.29 is 14.6 Å². The summed E-state index contributed by atoms with van der Waals surface area (Å²) in [7, 11) is 0. The van der Waals surface area contributed by atoms with Crippen LogP contribution in [0.4, 0.5) is 0 Å². The van der Waals surface area contributed by atoms with Gasteiger partial charge in [0, 0.05) is 11.1 Å². The van der Waals surface area contributed by atoms with Crippen molar-refractivity contribution in [1.29, 1.82) is 0 Å². The number of thiophene rings is 1. The van der Waals surface area contributed by atoms with E-state index >= 15 is 0 Å². The largest absolute Gasteiger partial charge is 0.502 e. The molecule has 0 saturated carbocycles. The summed E-state index contributed by atoms with van der Waals surface area (Å²) in [4.78, 5) is 9.47. The first-order chi connectivity index (χ1) is 14.2. The first-order valence-corrected chi connectivity index (χ1v) is 10.4. The highest BCUT2D eigenvalue weighted by molar-refractivity contribution is 7.13. The second-order valence-corrected chi connectivity index (χ2v) is 7.29. The number of hydrogen-bond donors (Lipinski definition) is 2. The molecule has 0 fully saturated rings. The molecule has 0 amide bonds. The Kier molecular flexibility index (Phi) is 5.53. The molecule has 0 saturated heterocycles. The molecule has 0 aliphatic heterocycles. The maximum atomic E-state index is 10.4. The third-order valence-electron chi connectivity index (χ3n) is 4.43. The van der Waals surface area contributed by atoms with Crippen LogP contribution in [0, 0.1) is 0 Å². The predicted molar refractivity (Wildman–Crippen MR) is 117 cm³/mol. The van der Waals surface area contributed by atoms with Gasteiger partial charge in [-0.25, -0.2) is 4.98 Å². The van der Waals surface area contributed by atoms with Crippen LogP contribution in [0.15, 0.2) is 60.0 Å². The number of H-pyrrole nitrogens is 1. The van der Waals surface area contributed by atoms with Gasteiger partial charge in [0.25, 0.3) is 0 Å². The molecule has 2 aromatic carbocycles. The fraction of sp³-hybridized carbons (Fsp3) is 0.174. The molecule has 4 rings (SSSR count). The van der Waals surface area contributed by atoms with Gasteiger partial charge in [0.05, 0.1) is 29.5 Å². The average molecular weight is 407 g/mol. The Bertz CT molecular complexity index is 1060. The SMILES string of the molecule is CCOc1cc(-c2nc(-c3ccccc3)c(-c3cccs3)[nH]2)cc(OCC)c1O. The molecule has 4 aromatic rings. The quantitative estimate of drug-likeness (QED) is 0.396. The van der Waals surface area contributed by atoms with Crippen molar-refractivity contribution in [2.45, 2.75) is 13.8 Å². The van der Waals surface area contributed by atoms with E-state index in [2.05, 4.69) is 11.1 Å². The van der Waals surface area contributed by atoms with E-state index in [1.807, 2.05) is 55.6 Å². The topological polar surface area (TPSA) is 67.4 Å². The second-order valence-electron chi connectivity index (χ2n) is 6.34. The number of phenolic OH excluding ortho intramolecular Hbond substituents is 1. The first-order valence-electron chi connectivity index (χ1n) is 9.53. The number of aromatic hydroxyl groups is 1. The van der Waals surface area contributed by atoms with Crippen LogP contribution in [-0.2, 0) is 0 Å². The summed E-state index contributed by atoms with van der Waals surface area (Å²) in [6.45, 7) is 4.64. The summed E-state index contributed by atoms with van der Waals surface area (Å²) in [5.74, 6) is 1.45. The minimum Gasteiger partial charge on any atom is -0.502 e. The predicted octanol–water partition coefficient (Wildman–Crippen LogP) is 5.98. The number of aromatic nitrogens is 2. The summed E-state index contributed by atoms with van der Waals surface area (Å²) in [5, 5.41) is 12.5. The number of rotatable bonds is 7. The molecular formula is C23H22N2O3S. The molecule has 148 valence electrons. The maximum Gasteiger partial charge on any atom is 0.200 e. The van der Waals surface area contributed by atoms with E-state index in [4.69, 9.17) is 14.5 Å². The summed E-state index contributed by atoms with van der Waals surface area (Å²) in [5.41, 5.74) is 3.67. The smallest absolute Gasteiger partial charge is 0.200 e. The highest BCUT2D eigenvalue weighted by Gasteiger charge is 2.19. The van der Waals surface area contributed by atoms with Gasteiger partial charge in [-0.2, -0.15) is 0 Å². The van der Waals surface area contributed by atoms with Crippen LogP contribution in [0.1, 0.15) is 13.8 Å². The van der Waals surface area contributed by atoms with E-state index in [9.17, 15) is 5.11 Å². The number of ether oxygens (including phenoxy) is 2. The standard InChI is InChI=1S/C23H22N2O3S/c1-3-27-17-13-16(14-18(22(17)26)28-4-2)23-24-20(15-9-6-5-7-10-15)21(25-23)19-11-8-12-29-19/h5-14,26H,3-4H2,1-2H3,(H,24,25). The molecule has 0 unspecified atom stereocenters. The minimum absolute atomic E-state index is 0.00534. The van der Waals surface area contributed by atoms with Crippen LogP contribution in [0.25, 0.3) is 33.2 Å². The Labute approximate surface area is 173 Å². The molecule has 2 N–H and O–H groups in total.